The molecule has 0 fully saturated rings. The maximum Gasteiger partial charge on any atom is 0.359 e. The standard InChI is InChI=1S/C12H13O/c1-2-9-13-12-8-4-6-10-5-3-7-11(10)12/h2,4,6-9H,3,5H2,1H3/q+1/b9-2-. The van der Waals surface area contributed by atoms with Gasteiger partial charge in [-0.2, -0.15) is 0 Å². The van der Waals surface area contributed by atoms with Gasteiger partial charge in [0.15, 0.2) is 0 Å². The van der Waals surface area contributed by atoms with Crippen LogP contribution in [0.25, 0.3) is 0 Å². The van der Waals surface area contributed by atoms with Crippen LogP contribution in [0.15, 0.2) is 47.8 Å². The molecule has 0 aromatic rings. The van der Waals surface area contributed by atoms with Gasteiger partial charge in [-0.25, -0.2) is 4.42 Å². The first kappa shape index (κ1) is 8.24. The predicted octanol–water partition coefficient (Wildman–Crippen LogP) is 2.84. The normalized spacial score (nSPS) is 23.6. The number of carbonyl (C=O) groups excluding carboxylic acids is 1. The zero-order chi connectivity index (χ0) is 9.10. The molecule has 0 heterocycles. The molecular weight excluding hydrogens is 160 g/mol. The smallest absolute Gasteiger partial charge is 0.216 e. The second-order valence-corrected chi connectivity index (χ2v) is 3.16. The van der Waals surface area contributed by atoms with Crippen LogP contribution in [-0.2, 0) is 4.42 Å². The number of allylic oxidation sites excluding steroid dienone is 7. The van der Waals surface area contributed by atoms with E-state index in [1.54, 1.807) is 6.26 Å². The Hall–Kier alpha value is -1.37. The number of hydrogen-bond acceptors (Lipinski definition) is 0. The molecule has 2 rings (SSSR count). The molecule has 0 radical (unpaired) electrons. The Labute approximate surface area is 78.5 Å². The molecule has 0 N–H and O–H groups in total. The third kappa shape index (κ3) is 1.55. The van der Waals surface area contributed by atoms with Crippen LogP contribution < -0.4 is 0 Å². The van der Waals surface area contributed by atoms with E-state index in [2.05, 4.69) is 18.2 Å². The Morgan fingerprint density at radius 2 is 2.38 bits per heavy atom. The number of hydrogen-bond donors (Lipinski definition) is 0. The summed E-state index contributed by atoms with van der Waals surface area (Å²) >= 11 is 0. The van der Waals surface area contributed by atoms with E-state index in [-0.39, 0.29) is 0 Å². The van der Waals surface area contributed by atoms with Crippen LogP contribution in [0.2, 0.25) is 0 Å². The van der Waals surface area contributed by atoms with E-state index >= 15 is 0 Å². The van der Waals surface area contributed by atoms with Gasteiger partial charge in [0, 0.05) is 12.2 Å². The molecular formula is C12H13O+. The van der Waals surface area contributed by atoms with E-state index in [9.17, 15) is 0 Å². The topological polar surface area (TPSA) is 11.3 Å². The minimum Gasteiger partial charge on any atom is -0.216 e. The van der Waals surface area contributed by atoms with Crippen molar-refractivity contribution in [2.45, 2.75) is 19.8 Å². The first-order valence-electron chi connectivity index (χ1n) is 4.65. The fraction of sp³-hybridized carbons (Fsp3) is 0.250. The highest BCUT2D eigenvalue weighted by Gasteiger charge is 2.24. The lowest BCUT2D eigenvalue weighted by atomic mass is 10.0. The summed E-state index contributed by atoms with van der Waals surface area (Å²) < 4.78 is 5.49. The van der Waals surface area contributed by atoms with Gasteiger partial charge in [-0.1, -0.05) is 18.2 Å². The van der Waals surface area contributed by atoms with Gasteiger partial charge >= 0.3 is 12.0 Å². The van der Waals surface area contributed by atoms with E-state index in [4.69, 9.17) is 4.42 Å². The number of rotatable bonds is 1. The number of fused-ring (bicyclic) bond motifs is 1. The second kappa shape index (κ2) is 3.56. The van der Waals surface area contributed by atoms with Gasteiger partial charge in [0.1, 0.15) is 0 Å². The third-order valence-corrected chi connectivity index (χ3v) is 2.25. The highest BCUT2D eigenvalue weighted by molar-refractivity contribution is 6.09. The van der Waals surface area contributed by atoms with Gasteiger partial charge in [0.25, 0.3) is 0 Å². The predicted molar refractivity (Wildman–Crippen MR) is 54.4 cm³/mol. The molecule has 2 aliphatic carbocycles. The molecule has 66 valence electrons. The molecule has 2 aliphatic rings. The average Bonchev–Trinajstić information content (AvgIpc) is 2.62. The van der Waals surface area contributed by atoms with Crippen LogP contribution in [0.4, 0.5) is 0 Å². The molecule has 0 bridgehead atoms. The van der Waals surface area contributed by atoms with Crippen LogP contribution in [0.3, 0.4) is 0 Å². The Bertz CT molecular complexity index is 351. The molecule has 1 heteroatoms. The lowest BCUT2D eigenvalue weighted by molar-refractivity contribution is -0.371. The van der Waals surface area contributed by atoms with Crippen molar-refractivity contribution in [2.24, 2.45) is 0 Å². The second-order valence-electron chi connectivity index (χ2n) is 3.16. The van der Waals surface area contributed by atoms with Crippen LogP contribution in [0.1, 0.15) is 19.8 Å². The summed E-state index contributed by atoms with van der Waals surface area (Å²) in [4.78, 5) is 0. The third-order valence-electron chi connectivity index (χ3n) is 2.25. The summed E-state index contributed by atoms with van der Waals surface area (Å²) in [5.41, 5.74) is 2.68. The van der Waals surface area contributed by atoms with Gasteiger partial charge in [-0.05, 0) is 25.3 Å². The van der Waals surface area contributed by atoms with E-state index in [1.165, 1.54) is 11.1 Å². The lowest BCUT2D eigenvalue weighted by Crippen LogP contribution is -2.04. The fourth-order valence-corrected chi connectivity index (χ4v) is 1.66. The Kier molecular flexibility index (Phi) is 2.26. The molecule has 0 atom stereocenters. The summed E-state index contributed by atoms with van der Waals surface area (Å²) in [6.07, 6.45) is 14.4. The molecule has 0 aliphatic heterocycles. The van der Waals surface area contributed by atoms with Crippen molar-refractivity contribution < 1.29 is 4.42 Å². The molecule has 0 saturated heterocycles. The zero-order valence-electron chi connectivity index (χ0n) is 7.79. The van der Waals surface area contributed by atoms with Gasteiger partial charge in [-0.3, -0.25) is 0 Å². The van der Waals surface area contributed by atoms with Crippen molar-refractivity contribution in [1.82, 2.24) is 0 Å². The monoisotopic (exact) mass is 173 g/mol. The molecule has 13 heavy (non-hydrogen) atoms. The van der Waals surface area contributed by atoms with Crippen molar-refractivity contribution in [3.8, 4) is 0 Å². The molecule has 0 aromatic carbocycles. The summed E-state index contributed by atoms with van der Waals surface area (Å²) in [6, 6.07) is 0. The lowest BCUT2D eigenvalue weighted by Gasteiger charge is -2.00. The Balaban J connectivity index is 2.33. The van der Waals surface area contributed by atoms with Gasteiger partial charge in [-0.15, -0.1) is 0 Å². The zero-order valence-corrected chi connectivity index (χ0v) is 7.79. The Morgan fingerprint density at radius 1 is 1.46 bits per heavy atom. The largest absolute Gasteiger partial charge is 0.359 e. The van der Waals surface area contributed by atoms with Crippen LogP contribution in [0.5, 0.6) is 0 Å². The van der Waals surface area contributed by atoms with Crippen LogP contribution >= 0.6 is 0 Å². The van der Waals surface area contributed by atoms with Crippen LogP contribution in [0, 0.1) is 0 Å². The fourth-order valence-electron chi connectivity index (χ4n) is 1.66. The van der Waals surface area contributed by atoms with Crippen molar-refractivity contribution in [3.05, 3.63) is 47.8 Å². The van der Waals surface area contributed by atoms with E-state index in [0.717, 1.165) is 18.6 Å². The van der Waals surface area contributed by atoms with Crippen molar-refractivity contribution in [1.29, 1.82) is 0 Å². The maximum atomic E-state index is 5.49. The first-order chi connectivity index (χ1) is 6.42. The summed E-state index contributed by atoms with van der Waals surface area (Å²) in [5, 5.41) is 0. The highest BCUT2D eigenvalue weighted by atomic mass is 16.4. The Morgan fingerprint density at radius 3 is 3.23 bits per heavy atom. The maximum absolute atomic E-state index is 5.49. The van der Waals surface area contributed by atoms with Crippen molar-refractivity contribution in [2.75, 3.05) is 0 Å². The number of ketones is 1. The first-order valence-corrected chi connectivity index (χ1v) is 4.65. The quantitative estimate of drug-likeness (QED) is 0.426. The minimum atomic E-state index is 0.980. The SMILES string of the molecule is C/C=C\[O+]=C1C=CC=C2CCC=C21. The van der Waals surface area contributed by atoms with Crippen LogP contribution in [-0.4, -0.2) is 5.78 Å². The van der Waals surface area contributed by atoms with E-state index in [1.807, 2.05) is 19.1 Å². The minimum absolute atomic E-state index is 0.980. The molecule has 0 spiro atoms. The molecule has 0 unspecified atom stereocenters. The molecule has 0 amide bonds. The van der Waals surface area contributed by atoms with Crippen molar-refractivity contribution in [3.63, 3.8) is 0 Å². The van der Waals surface area contributed by atoms with E-state index < -0.39 is 0 Å². The van der Waals surface area contributed by atoms with Gasteiger partial charge in [0.2, 0.25) is 0 Å². The molecule has 1 nitrogen and oxygen atoms in total. The highest BCUT2D eigenvalue weighted by Crippen LogP contribution is 2.28. The van der Waals surface area contributed by atoms with Crippen molar-refractivity contribution >= 4 is 5.78 Å². The summed E-state index contributed by atoms with van der Waals surface area (Å²) in [7, 11) is 0. The van der Waals surface area contributed by atoms with E-state index in [0.29, 0.717) is 0 Å². The average molecular weight is 173 g/mol. The van der Waals surface area contributed by atoms with Gasteiger partial charge in [0.05, 0.1) is 5.57 Å². The summed E-state index contributed by atoms with van der Waals surface area (Å²) in [6.45, 7) is 1.95. The van der Waals surface area contributed by atoms with Gasteiger partial charge < -0.3 is 0 Å². The summed E-state index contributed by atoms with van der Waals surface area (Å²) in [5.74, 6) is 0.980. The molecule has 0 saturated carbocycles. The molecule has 0 aromatic heterocycles.